The van der Waals surface area contributed by atoms with Gasteiger partial charge in [-0.1, -0.05) is 50.0 Å². The summed E-state index contributed by atoms with van der Waals surface area (Å²) in [5, 5.41) is 10.1. The van der Waals surface area contributed by atoms with Crippen molar-refractivity contribution in [3.63, 3.8) is 0 Å². The van der Waals surface area contributed by atoms with Crippen LogP contribution in [0.15, 0.2) is 30.3 Å². The summed E-state index contributed by atoms with van der Waals surface area (Å²) >= 11 is 0. The molecule has 0 unspecified atom stereocenters. The van der Waals surface area contributed by atoms with Crippen molar-refractivity contribution in [3.05, 3.63) is 35.9 Å². The van der Waals surface area contributed by atoms with E-state index < -0.39 is 14.2 Å². The second-order valence-corrected chi connectivity index (χ2v) is 10.9. The van der Waals surface area contributed by atoms with E-state index in [9.17, 15) is 5.11 Å². The van der Waals surface area contributed by atoms with Crippen LogP contribution >= 0.6 is 0 Å². The van der Waals surface area contributed by atoms with Gasteiger partial charge in [-0.15, -0.1) is 0 Å². The third kappa shape index (κ3) is 4.90. The molecule has 0 saturated heterocycles. The molecule has 0 heterocycles. The van der Waals surface area contributed by atoms with E-state index in [1.807, 2.05) is 30.3 Å². The molecule has 0 aliphatic carbocycles. The van der Waals surface area contributed by atoms with E-state index in [2.05, 4.69) is 19.6 Å². The molecule has 0 fully saturated rings. The third-order valence-corrected chi connectivity index (χ3v) is 5.18. The van der Waals surface area contributed by atoms with Crippen molar-refractivity contribution in [3.8, 4) is 0 Å². The number of methoxy groups -OCH3 is 1. The van der Waals surface area contributed by atoms with Gasteiger partial charge in [0.15, 0.2) is 0 Å². The molecule has 0 bridgehead atoms. The predicted molar refractivity (Wildman–Crippen MR) is 76.2 cm³/mol. The van der Waals surface area contributed by atoms with Gasteiger partial charge in [0.25, 0.3) is 0 Å². The number of benzene rings is 1. The Bertz CT molecular complexity index is 335. The molecule has 4 heteroatoms. The normalized spacial score (nSPS) is 15.4. The Kier molecular flexibility index (Phi) is 6.01. The van der Waals surface area contributed by atoms with Crippen molar-refractivity contribution in [2.24, 2.45) is 0 Å². The van der Waals surface area contributed by atoms with Crippen LogP contribution in [0.1, 0.15) is 5.56 Å². The summed E-state index contributed by atoms with van der Waals surface area (Å²) in [4.78, 5) is 0. The van der Waals surface area contributed by atoms with Crippen LogP contribution in [-0.2, 0) is 16.1 Å². The van der Waals surface area contributed by atoms with Gasteiger partial charge < -0.3 is 14.6 Å². The molecule has 1 rings (SSSR count). The molecule has 2 atom stereocenters. The molecule has 0 saturated carbocycles. The summed E-state index contributed by atoms with van der Waals surface area (Å²) < 4.78 is 11.0. The molecule has 3 nitrogen and oxygen atoms in total. The van der Waals surface area contributed by atoms with Gasteiger partial charge in [0.05, 0.1) is 27.0 Å². The van der Waals surface area contributed by atoms with Gasteiger partial charge in [0.1, 0.15) is 6.10 Å². The number of hydrogen-bond donors (Lipinski definition) is 1. The number of hydrogen-bond acceptors (Lipinski definition) is 3. The SMILES string of the molecule is CO[C@@H]([C@@H](O)COCc1ccccc1)[Si](C)(C)C. The van der Waals surface area contributed by atoms with E-state index in [0.29, 0.717) is 13.2 Å². The summed E-state index contributed by atoms with van der Waals surface area (Å²) in [6.07, 6.45) is -0.551. The molecular weight excluding hydrogens is 244 g/mol. The highest BCUT2D eigenvalue weighted by atomic mass is 28.3. The van der Waals surface area contributed by atoms with Crippen LogP contribution in [0.25, 0.3) is 0 Å². The van der Waals surface area contributed by atoms with Crippen molar-refractivity contribution in [1.29, 1.82) is 0 Å². The minimum atomic E-state index is -1.53. The van der Waals surface area contributed by atoms with Gasteiger partial charge in [0, 0.05) is 7.11 Å². The largest absolute Gasteiger partial charge is 0.388 e. The van der Waals surface area contributed by atoms with Crippen LogP contribution < -0.4 is 0 Å². The smallest absolute Gasteiger partial charge is 0.100 e. The van der Waals surface area contributed by atoms with Gasteiger partial charge >= 0.3 is 0 Å². The van der Waals surface area contributed by atoms with Crippen molar-refractivity contribution in [1.82, 2.24) is 0 Å². The number of rotatable bonds is 7. The zero-order valence-electron chi connectivity index (χ0n) is 11.7. The molecule has 0 aliphatic heterocycles. The fourth-order valence-electron chi connectivity index (χ4n) is 2.05. The molecule has 18 heavy (non-hydrogen) atoms. The standard InChI is InChI=1S/C14H24O3Si/c1-16-14(18(2,3)4)13(15)11-17-10-12-8-6-5-7-9-12/h5-9,13-15H,10-11H2,1-4H3/t13-,14+/m0/s1. The Morgan fingerprint density at radius 1 is 1.17 bits per heavy atom. The fourth-order valence-corrected chi connectivity index (χ4v) is 4.00. The van der Waals surface area contributed by atoms with Gasteiger partial charge in [-0.3, -0.25) is 0 Å². The van der Waals surface area contributed by atoms with Crippen molar-refractivity contribution in [2.75, 3.05) is 13.7 Å². The van der Waals surface area contributed by atoms with Crippen LogP contribution in [0.2, 0.25) is 19.6 Å². The Morgan fingerprint density at radius 3 is 2.28 bits per heavy atom. The first kappa shape index (κ1) is 15.4. The fraction of sp³-hybridized carbons (Fsp3) is 0.571. The lowest BCUT2D eigenvalue weighted by atomic mass is 10.2. The predicted octanol–water partition coefficient (Wildman–Crippen LogP) is 2.46. The molecule has 1 aromatic carbocycles. The molecular formula is C14H24O3Si. The molecule has 0 aromatic heterocycles. The molecule has 102 valence electrons. The summed E-state index contributed by atoms with van der Waals surface area (Å²) in [6, 6.07) is 9.96. The van der Waals surface area contributed by atoms with E-state index in [1.165, 1.54) is 0 Å². The Labute approximate surface area is 111 Å². The van der Waals surface area contributed by atoms with E-state index in [0.717, 1.165) is 5.56 Å². The highest BCUT2D eigenvalue weighted by molar-refractivity contribution is 6.77. The van der Waals surface area contributed by atoms with Gasteiger partial charge in [-0.2, -0.15) is 0 Å². The first-order valence-corrected chi connectivity index (χ1v) is 9.85. The quantitative estimate of drug-likeness (QED) is 0.772. The highest BCUT2D eigenvalue weighted by Crippen LogP contribution is 2.15. The topological polar surface area (TPSA) is 38.7 Å². The second-order valence-electron chi connectivity index (χ2n) is 5.59. The lowest BCUT2D eigenvalue weighted by Crippen LogP contribution is -2.49. The Hall–Kier alpha value is -0.683. The summed E-state index contributed by atoms with van der Waals surface area (Å²) in [5.74, 6) is 0. The van der Waals surface area contributed by atoms with Gasteiger partial charge in [-0.25, -0.2) is 0 Å². The Balaban J connectivity index is 2.39. The van der Waals surface area contributed by atoms with Crippen molar-refractivity contribution >= 4 is 8.07 Å². The first-order chi connectivity index (χ1) is 8.45. The number of aliphatic hydroxyl groups is 1. The maximum atomic E-state index is 10.1. The molecule has 0 spiro atoms. The number of aliphatic hydroxyl groups excluding tert-OH is 1. The zero-order chi connectivity index (χ0) is 13.6. The second kappa shape index (κ2) is 7.04. The van der Waals surface area contributed by atoms with Crippen LogP contribution in [0.4, 0.5) is 0 Å². The van der Waals surface area contributed by atoms with E-state index in [-0.39, 0.29) is 5.73 Å². The average Bonchev–Trinajstić information content (AvgIpc) is 2.29. The maximum absolute atomic E-state index is 10.1. The summed E-state index contributed by atoms with van der Waals surface area (Å²) in [6.45, 7) is 7.39. The summed E-state index contributed by atoms with van der Waals surface area (Å²) in [7, 11) is 0.125. The van der Waals surface area contributed by atoms with Crippen LogP contribution in [-0.4, -0.2) is 38.7 Å². The van der Waals surface area contributed by atoms with Crippen molar-refractivity contribution in [2.45, 2.75) is 38.1 Å². The van der Waals surface area contributed by atoms with E-state index in [4.69, 9.17) is 9.47 Å². The first-order valence-electron chi connectivity index (χ1n) is 6.27. The van der Waals surface area contributed by atoms with Crippen LogP contribution in [0, 0.1) is 0 Å². The molecule has 0 amide bonds. The molecule has 1 aromatic rings. The van der Waals surface area contributed by atoms with Crippen LogP contribution in [0.5, 0.6) is 0 Å². The third-order valence-electron chi connectivity index (χ3n) is 2.86. The van der Waals surface area contributed by atoms with E-state index >= 15 is 0 Å². The minimum absolute atomic E-state index is 0.0896. The zero-order valence-corrected chi connectivity index (χ0v) is 12.7. The monoisotopic (exact) mass is 268 g/mol. The minimum Gasteiger partial charge on any atom is -0.388 e. The molecule has 1 N–H and O–H groups in total. The number of ether oxygens (including phenoxy) is 2. The van der Waals surface area contributed by atoms with E-state index in [1.54, 1.807) is 7.11 Å². The van der Waals surface area contributed by atoms with Crippen LogP contribution in [0.3, 0.4) is 0 Å². The van der Waals surface area contributed by atoms with Crippen molar-refractivity contribution < 1.29 is 14.6 Å². The maximum Gasteiger partial charge on any atom is 0.100 e. The lowest BCUT2D eigenvalue weighted by Gasteiger charge is -2.31. The highest BCUT2D eigenvalue weighted by Gasteiger charge is 2.32. The molecule has 0 aliphatic rings. The molecule has 0 radical (unpaired) electrons. The average molecular weight is 268 g/mol. The summed E-state index contributed by atoms with van der Waals surface area (Å²) in [5.41, 5.74) is 1.03. The van der Waals surface area contributed by atoms with Gasteiger partial charge in [0.2, 0.25) is 0 Å². The van der Waals surface area contributed by atoms with Gasteiger partial charge in [-0.05, 0) is 5.56 Å². The Morgan fingerprint density at radius 2 is 1.78 bits per heavy atom. The lowest BCUT2D eigenvalue weighted by molar-refractivity contribution is -0.0316.